The van der Waals surface area contributed by atoms with E-state index in [1.165, 1.54) is 24.5 Å². The highest BCUT2D eigenvalue weighted by Crippen LogP contribution is 2.39. The van der Waals surface area contributed by atoms with Crippen molar-refractivity contribution >= 4 is 40.0 Å². The van der Waals surface area contributed by atoms with Crippen molar-refractivity contribution < 1.29 is 14.4 Å². The van der Waals surface area contributed by atoms with Gasteiger partial charge in [-0.2, -0.15) is 5.26 Å². The van der Waals surface area contributed by atoms with E-state index in [1.807, 2.05) is 22.9 Å². The second-order valence-electron chi connectivity index (χ2n) is 6.57. The number of thiophene rings is 1. The average Bonchev–Trinajstić information content (AvgIpc) is 3.47. The molecule has 0 bridgehead atoms. The Labute approximate surface area is 188 Å². The quantitative estimate of drug-likeness (QED) is 0.151. The van der Waals surface area contributed by atoms with E-state index < -0.39 is 4.92 Å². The van der Waals surface area contributed by atoms with Crippen LogP contribution in [-0.4, -0.2) is 23.6 Å². The van der Waals surface area contributed by atoms with Crippen molar-refractivity contribution in [3.8, 4) is 28.1 Å². The Balaban J connectivity index is 1.95. The lowest BCUT2D eigenvalue weighted by atomic mass is 10.1. The van der Waals surface area contributed by atoms with Crippen LogP contribution in [0.2, 0.25) is 0 Å². The van der Waals surface area contributed by atoms with Gasteiger partial charge in [0.05, 0.1) is 34.8 Å². The van der Waals surface area contributed by atoms with Crippen molar-refractivity contribution in [2.45, 2.75) is 26.2 Å². The zero-order valence-corrected chi connectivity index (χ0v) is 18.8. The summed E-state index contributed by atoms with van der Waals surface area (Å²) >= 11 is 2.92. The molecule has 0 aliphatic heterocycles. The van der Waals surface area contributed by atoms with Gasteiger partial charge in [0.15, 0.2) is 5.75 Å². The number of aromatic nitrogens is 1. The number of rotatable bonds is 10. The van der Waals surface area contributed by atoms with E-state index in [-0.39, 0.29) is 17.2 Å². The van der Waals surface area contributed by atoms with Crippen molar-refractivity contribution in [3.63, 3.8) is 0 Å². The third kappa shape index (κ3) is 5.48. The summed E-state index contributed by atoms with van der Waals surface area (Å²) in [5, 5.41) is 25.7. The lowest BCUT2D eigenvalue weighted by molar-refractivity contribution is -0.386. The molecule has 0 saturated heterocycles. The fourth-order valence-corrected chi connectivity index (χ4v) is 4.44. The van der Waals surface area contributed by atoms with Crippen LogP contribution in [0.15, 0.2) is 35.0 Å². The molecule has 3 aromatic rings. The molecule has 0 amide bonds. The second-order valence-corrected chi connectivity index (χ2v) is 8.37. The van der Waals surface area contributed by atoms with Gasteiger partial charge in [0.25, 0.3) is 0 Å². The molecule has 0 fully saturated rings. The standard InChI is InChI=1S/C22H21N3O4S2/c1-3-4-5-8-29-21-18(25(26)27)11-15(12-19(21)28-2)10-16(13-23)22-24-17(14-31-22)20-7-6-9-30-20/h6-7,9-12,14H,3-5,8H2,1-2H3/b16-10-. The number of allylic oxidation sites excluding steroid dienone is 1. The third-order valence-electron chi connectivity index (χ3n) is 4.41. The number of methoxy groups -OCH3 is 1. The maximum absolute atomic E-state index is 11.7. The number of ether oxygens (including phenoxy) is 2. The van der Waals surface area contributed by atoms with E-state index in [0.29, 0.717) is 22.8 Å². The zero-order chi connectivity index (χ0) is 22.2. The Morgan fingerprint density at radius 3 is 2.84 bits per heavy atom. The summed E-state index contributed by atoms with van der Waals surface area (Å²) in [6.45, 7) is 2.44. The second kappa shape index (κ2) is 10.7. The average molecular weight is 456 g/mol. The number of nitro groups is 1. The minimum atomic E-state index is -0.501. The molecule has 0 radical (unpaired) electrons. The van der Waals surface area contributed by atoms with E-state index >= 15 is 0 Å². The fourth-order valence-electron chi connectivity index (χ4n) is 2.89. The van der Waals surface area contributed by atoms with Crippen LogP contribution in [0.3, 0.4) is 0 Å². The minimum Gasteiger partial charge on any atom is -0.493 e. The molecule has 0 N–H and O–H groups in total. The Morgan fingerprint density at radius 1 is 1.35 bits per heavy atom. The summed E-state index contributed by atoms with van der Waals surface area (Å²) in [6.07, 6.45) is 4.37. The molecule has 3 rings (SSSR count). The Hall–Kier alpha value is -3.22. The van der Waals surface area contributed by atoms with Gasteiger partial charge in [-0.25, -0.2) is 4.98 Å². The SMILES string of the molecule is CCCCCOc1c(OC)cc(/C=C(/C#N)c2nc(-c3cccs3)cs2)cc1[N+](=O)[O-]. The molecule has 0 aliphatic rings. The number of nitro benzene ring substituents is 1. The molecule has 0 unspecified atom stereocenters. The lowest BCUT2D eigenvalue weighted by Gasteiger charge is -2.12. The van der Waals surface area contributed by atoms with Crippen molar-refractivity contribution in [2.24, 2.45) is 0 Å². The highest BCUT2D eigenvalue weighted by atomic mass is 32.1. The number of benzene rings is 1. The van der Waals surface area contributed by atoms with Crippen LogP contribution >= 0.6 is 22.7 Å². The van der Waals surface area contributed by atoms with Gasteiger partial charge in [-0.3, -0.25) is 10.1 Å². The van der Waals surface area contributed by atoms with E-state index in [9.17, 15) is 15.4 Å². The summed E-state index contributed by atoms with van der Waals surface area (Å²) in [6, 6.07) is 9.08. The summed E-state index contributed by atoms with van der Waals surface area (Å²) in [4.78, 5) is 16.7. The third-order valence-corrected chi connectivity index (χ3v) is 6.18. The van der Waals surface area contributed by atoms with Gasteiger partial charge < -0.3 is 9.47 Å². The first kappa shape index (κ1) is 22.5. The number of nitrogens with zero attached hydrogens (tertiary/aromatic N) is 3. The Bertz CT molecular complexity index is 1110. The number of hydrogen-bond donors (Lipinski definition) is 0. The molecule has 0 spiro atoms. The van der Waals surface area contributed by atoms with Crippen LogP contribution in [0, 0.1) is 21.4 Å². The van der Waals surface area contributed by atoms with Gasteiger partial charge in [0, 0.05) is 11.4 Å². The van der Waals surface area contributed by atoms with Gasteiger partial charge in [-0.15, -0.1) is 22.7 Å². The first-order valence-electron chi connectivity index (χ1n) is 9.68. The summed E-state index contributed by atoms with van der Waals surface area (Å²) in [5.41, 5.74) is 1.39. The number of unbranched alkanes of at least 4 members (excludes halogenated alkanes) is 2. The van der Waals surface area contributed by atoms with Crippen LogP contribution in [0.5, 0.6) is 11.5 Å². The first-order valence-corrected chi connectivity index (χ1v) is 11.4. The van der Waals surface area contributed by atoms with Gasteiger partial charge in [0.2, 0.25) is 5.75 Å². The molecule has 2 heterocycles. The highest BCUT2D eigenvalue weighted by molar-refractivity contribution is 7.14. The van der Waals surface area contributed by atoms with Crippen LogP contribution in [-0.2, 0) is 0 Å². The molecule has 7 nitrogen and oxygen atoms in total. The van der Waals surface area contributed by atoms with Gasteiger partial charge in [-0.1, -0.05) is 25.8 Å². The predicted molar refractivity (Wildman–Crippen MR) is 124 cm³/mol. The Morgan fingerprint density at radius 2 is 2.19 bits per heavy atom. The first-order chi connectivity index (χ1) is 15.1. The topological polar surface area (TPSA) is 98.3 Å². The molecule has 31 heavy (non-hydrogen) atoms. The number of hydrogen-bond acceptors (Lipinski definition) is 8. The normalized spacial score (nSPS) is 11.2. The summed E-state index contributed by atoms with van der Waals surface area (Å²) in [5.74, 6) is 0.362. The fraction of sp³-hybridized carbons (Fsp3) is 0.273. The molecule has 0 atom stereocenters. The molecular formula is C22H21N3O4S2. The van der Waals surface area contributed by atoms with Crippen molar-refractivity contribution in [1.29, 1.82) is 5.26 Å². The maximum atomic E-state index is 11.7. The Kier molecular flexibility index (Phi) is 7.76. The zero-order valence-electron chi connectivity index (χ0n) is 17.2. The molecule has 1 aromatic carbocycles. The van der Waals surface area contributed by atoms with E-state index in [2.05, 4.69) is 18.0 Å². The van der Waals surface area contributed by atoms with Gasteiger partial charge >= 0.3 is 5.69 Å². The molecule has 0 saturated carbocycles. The lowest BCUT2D eigenvalue weighted by Crippen LogP contribution is -2.03. The minimum absolute atomic E-state index is 0.105. The molecule has 160 valence electrons. The summed E-state index contributed by atoms with van der Waals surface area (Å²) in [7, 11) is 1.44. The number of thiazole rings is 1. The van der Waals surface area contributed by atoms with Gasteiger partial charge in [0.1, 0.15) is 11.1 Å². The van der Waals surface area contributed by atoms with E-state index in [0.717, 1.165) is 29.8 Å². The maximum Gasteiger partial charge on any atom is 0.315 e. The predicted octanol–water partition coefficient (Wildman–Crippen LogP) is 6.42. The van der Waals surface area contributed by atoms with Crippen LogP contribution in [0.4, 0.5) is 5.69 Å². The van der Waals surface area contributed by atoms with Crippen LogP contribution < -0.4 is 9.47 Å². The van der Waals surface area contributed by atoms with Crippen LogP contribution in [0.1, 0.15) is 36.8 Å². The van der Waals surface area contributed by atoms with E-state index in [1.54, 1.807) is 23.5 Å². The number of nitriles is 1. The van der Waals surface area contributed by atoms with Crippen molar-refractivity contribution in [2.75, 3.05) is 13.7 Å². The van der Waals surface area contributed by atoms with Gasteiger partial charge in [-0.05, 0) is 35.6 Å². The largest absolute Gasteiger partial charge is 0.493 e. The molecule has 0 aliphatic carbocycles. The van der Waals surface area contributed by atoms with E-state index in [4.69, 9.17) is 9.47 Å². The highest BCUT2D eigenvalue weighted by Gasteiger charge is 2.22. The molecule has 2 aromatic heterocycles. The van der Waals surface area contributed by atoms with Crippen molar-refractivity contribution in [1.82, 2.24) is 4.98 Å². The molecule has 9 heteroatoms. The summed E-state index contributed by atoms with van der Waals surface area (Å²) < 4.78 is 11.0. The smallest absolute Gasteiger partial charge is 0.315 e. The van der Waals surface area contributed by atoms with Crippen molar-refractivity contribution in [3.05, 3.63) is 55.7 Å². The van der Waals surface area contributed by atoms with Crippen LogP contribution in [0.25, 0.3) is 22.2 Å². The monoisotopic (exact) mass is 455 g/mol. The molecular weight excluding hydrogens is 434 g/mol.